The van der Waals surface area contributed by atoms with Gasteiger partial charge in [0.25, 0.3) is 0 Å². The number of aliphatic carboxylic acids is 1. The highest BCUT2D eigenvalue weighted by Gasteiger charge is 2.18. The van der Waals surface area contributed by atoms with Gasteiger partial charge in [0.15, 0.2) is 0 Å². The van der Waals surface area contributed by atoms with Gasteiger partial charge < -0.3 is 15.0 Å². The molecule has 2 rings (SSSR count). The van der Waals surface area contributed by atoms with Gasteiger partial charge in [-0.25, -0.2) is 0 Å². The molecule has 0 unspecified atom stereocenters. The van der Waals surface area contributed by atoms with Crippen molar-refractivity contribution in [2.24, 2.45) is 5.92 Å². The summed E-state index contributed by atoms with van der Waals surface area (Å²) in [6.07, 6.45) is 0.870. The van der Waals surface area contributed by atoms with Gasteiger partial charge in [-0.2, -0.15) is 0 Å². The number of H-pyrrole nitrogens is 1. The van der Waals surface area contributed by atoms with Crippen LogP contribution in [0.25, 0.3) is 11.3 Å². The van der Waals surface area contributed by atoms with Crippen LogP contribution in [0.15, 0.2) is 42.5 Å². The third-order valence-corrected chi connectivity index (χ3v) is 3.70. The van der Waals surface area contributed by atoms with Crippen molar-refractivity contribution < 1.29 is 14.7 Å². The lowest BCUT2D eigenvalue weighted by Crippen LogP contribution is -2.38. The number of hydrogen-bond donors (Lipinski definition) is 2. The maximum absolute atomic E-state index is 12.3. The number of aryl methyl sites for hydroxylation is 1. The first-order valence-corrected chi connectivity index (χ1v) is 8.18. The van der Waals surface area contributed by atoms with E-state index in [9.17, 15) is 9.59 Å². The van der Waals surface area contributed by atoms with E-state index < -0.39 is 5.97 Å². The Morgan fingerprint density at radius 1 is 1.12 bits per heavy atom. The highest BCUT2D eigenvalue weighted by molar-refractivity contribution is 5.81. The second-order valence-corrected chi connectivity index (χ2v) is 6.33. The van der Waals surface area contributed by atoms with Crippen LogP contribution in [-0.4, -0.2) is 40.0 Å². The van der Waals surface area contributed by atoms with E-state index in [-0.39, 0.29) is 18.4 Å². The van der Waals surface area contributed by atoms with Crippen molar-refractivity contribution in [3.05, 3.63) is 48.2 Å². The largest absolute Gasteiger partial charge is 0.480 e. The van der Waals surface area contributed by atoms with Gasteiger partial charge in [-0.1, -0.05) is 44.2 Å². The molecule has 5 nitrogen and oxygen atoms in total. The Hall–Kier alpha value is -2.56. The summed E-state index contributed by atoms with van der Waals surface area (Å²) in [5, 5.41) is 8.96. The number of nitrogens with one attached hydrogen (secondary N) is 1. The molecular formula is C19H24N2O3. The van der Waals surface area contributed by atoms with E-state index >= 15 is 0 Å². The van der Waals surface area contributed by atoms with Gasteiger partial charge in [-0.15, -0.1) is 0 Å². The summed E-state index contributed by atoms with van der Waals surface area (Å²) in [4.78, 5) is 28.0. The van der Waals surface area contributed by atoms with Crippen molar-refractivity contribution in [3.8, 4) is 11.3 Å². The van der Waals surface area contributed by atoms with E-state index in [2.05, 4.69) is 4.98 Å². The van der Waals surface area contributed by atoms with E-state index in [1.807, 2.05) is 56.3 Å². The van der Waals surface area contributed by atoms with Crippen molar-refractivity contribution in [1.29, 1.82) is 0 Å². The molecule has 0 saturated heterocycles. The molecule has 1 aromatic heterocycles. The van der Waals surface area contributed by atoms with Crippen LogP contribution in [0.1, 0.15) is 26.0 Å². The number of aromatic amines is 1. The topological polar surface area (TPSA) is 73.4 Å². The fraction of sp³-hybridized carbons (Fsp3) is 0.368. The van der Waals surface area contributed by atoms with Crippen molar-refractivity contribution in [2.45, 2.75) is 26.7 Å². The molecule has 24 heavy (non-hydrogen) atoms. The van der Waals surface area contributed by atoms with Gasteiger partial charge in [0.2, 0.25) is 5.91 Å². The molecule has 0 spiro atoms. The molecule has 1 amide bonds. The van der Waals surface area contributed by atoms with Crippen LogP contribution in [0.4, 0.5) is 0 Å². The summed E-state index contributed by atoms with van der Waals surface area (Å²) in [6, 6.07) is 14.0. The van der Waals surface area contributed by atoms with Gasteiger partial charge in [0, 0.05) is 24.4 Å². The summed E-state index contributed by atoms with van der Waals surface area (Å²) in [5.74, 6) is -0.860. The SMILES string of the molecule is CC(C)CN(CC(=O)O)C(=O)CCc1ccc(-c2ccccc2)[nH]1. The van der Waals surface area contributed by atoms with Crippen LogP contribution in [0.5, 0.6) is 0 Å². The Bertz CT molecular complexity index is 677. The van der Waals surface area contributed by atoms with Crippen molar-refractivity contribution in [1.82, 2.24) is 9.88 Å². The lowest BCUT2D eigenvalue weighted by Gasteiger charge is -2.22. The minimum Gasteiger partial charge on any atom is -0.480 e. The lowest BCUT2D eigenvalue weighted by molar-refractivity contribution is -0.144. The van der Waals surface area contributed by atoms with E-state index in [0.717, 1.165) is 17.0 Å². The smallest absolute Gasteiger partial charge is 0.323 e. The molecule has 0 radical (unpaired) electrons. The number of carbonyl (C=O) groups is 2. The third-order valence-electron chi connectivity index (χ3n) is 3.70. The van der Waals surface area contributed by atoms with E-state index in [0.29, 0.717) is 19.4 Å². The van der Waals surface area contributed by atoms with E-state index in [4.69, 9.17) is 5.11 Å². The number of carboxylic acid groups (broad SMARTS) is 1. The monoisotopic (exact) mass is 328 g/mol. The van der Waals surface area contributed by atoms with Gasteiger partial charge in [0.1, 0.15) is 6.54 Å². The highest BCUT2D eigenvalue weighted by atomic mass is 16.4. The molecule has 2 N–H and O–H groups in total. The standard InChI is InChI=1S/C19H24N2O3/c1-14(2)12-21(13-19(23)24)18(22)11-9-16-8-10-17(20-16)15-6-4-3-5-7-15/h3-8,10,14,20H,9,11-13H2,1-2H3,(H,23,24). The van der Waals surface area contributed by atoms with Crippen LogP contribution < -0.4 is 0 Å². The quantitative estimate of drug-likeness (QED) is 0.781. The number of benzene rings is 1. The molecule has 0 atom stereocenters. The number of carbonyl (C=O) groups excluding carboxylic acids is 1. The van der Waals surface area contributed by atoms with Crippen LogP contribution in [0.2, 0.25) is 0 Å². The minimum atomic E-state index is -0.977. The second kappa shape index (κ2) is 8.34. The summed E-state index contributed by atoms with van der Waals surface area (Å²) >= 11 is 0. The van der Waals surface area contributed by atoms with Crippen molar-refractivity contribution >= 4 is 11.9 Å². The fourth-order valence-electron chi connectivity index (χ4n) is 2.63. The summed E-state index contributed by atoms with van der Waals surface area (Å²) < 4.78 is 0. The number of carboxylic acids is 1. The zero-order valence-electron chi connectivity index (χ0n) is 14.2. The minimum absolute atomic E-state index is 0.123. The normalized spacial score (nSPS) is 10.8. The first kappa shape index (κ1) is 17.8. The summed E-state index contributed by atoms with van der Waals surface area (Å²) in [5.41, 5.74) is 3.09. The Morgan fingerprint density at radius 2 is 1.83 bits per heavy atom. The highest BCUT2D eigenvalue weighted by Crippen LogP contribution is 2.18. The zero-order valence-corrected chi connectivity index (χ0v) is 14.2. The first-order chi connectivity index (χ1) is 11.5. The second-order valence-electron chi connectivity index (χ2n) is 6.33. The predicted molar refractivity (Wildman–Crippen MR) is 93.6 cm³/mol. The summed E-state index contributed by atoms with van der Waals surface area (Å²) in [7, 11) is 0. The third kappa shape index (κ3) is 5.26. The average Bonchev–Trinajstić information content (AvgIpc) is 3.01. The molecule has 0 aliphatic carbocycles. The number of nitrogens with zero attached hydrogens (tertiary/aromatic N) is 1. The molecule has 0 saturated carbocycles. The average molecular weight is 328 g/mol. The van der Waals surface area contributed by atoms with Gasteiger partial charge in [0.05, 0.1) is 0 Å². The van der Waals surface area contributed by atoms with Crippen molar-refractivity contribution in [2.75, 3.05) is 13.1 Å². The maximum atomic E-state index is 12.3. The lowest BCUT2D eigenvalue weighted by atomic mass is 10.1. The number of hydrogen-bond acceptors (Lipinski definition) is 2. The maximum Gasteiger partial charge on any atom is 0.323 e. The Labute approximate surface area is 142 Å². The first-order valence-electron chi connectivity index (χ1n) is 8.18. The van der Waals surface area contributed by atoms with Crippen LogP contribution >= 0.6 is 0 Å². The number of rotatable bonds is 8. The fourth-order valence-corrected chi connectivity index (χ4v) is 2.63. The molecule has 0 aliphatic rings. The van der Waals surface area contributed by atoms with Crippen molar-refractivity contribution in [3.63, 3.8) is 0 Å². The Morgan fingerprint density at radius 3 is 2.46 bits per heavy atom. The number of amides is 1. The molecule has 0 fully saturated rings. The summed E-state index contributed by atoms with van der Waals surface area (Å²) in [6.45, 7) is 4.17. The molecule has 0 aliphatic heterocycles. The van der Waals surface area contributed by atoms with Crippen LogP contribution in [0.3, 0.4) is 0 Å². The Kier molecular flexibility index (Phi) is 6.18. The predicted octanol–water partition coefficient (Wildman–Crippen LogP) is 3.18. The molecule has 1 aromatic carbocycles. The van der Waals surface area contributed by atoms with E-state index in [1.54, 1.807) is 0 Å². The Balaban J connectivity index is 1.95. The van der Waals surface area contributed by atoms with Gasteiger partial charge in [-0.05, 0) is 30.0 Å². The molecule has 2 aromatic rings. The molecule has 0 bridgehead atoms. The zero-order chi connectivity index (χ0) is 17.5. The van der Waals surface area contributed by atoms with Gasteiger partial charge >= 0.3 is 5.97 Å². The molecular weight excluding hydrogens is 304 g/mol. The van der Waals surface area contributed by atoms with Crippen LogP contribution in [0, 0.1) is 5.92 Å². The number of aromatic nitrogens is 1. The molecule has 5 heteroatoms. The van der Waals surface area contributed by atoms with E-state index in [1.165, 1.54) is 4.90 Å². The molecule has 128 valence electrons. The molecule has 1 heterocycles. The van der Waals surface area contributed by atoms with Crippen LogP contribution in [-0.2, 0) is 16.0 Å². The van der Waals surface area contributed by atoms with Gasteiger partial charge in [-0.3, -0.25) is 9.59 Å².